The Morgan fingerprint density at radius 2 is 1.75 bits per heavy atom. The van der Waals surface area contributed by atoms with Gasteiger partial charge in [0.2, 0.25) is 0 Å². The van der Waals surface area contributed by atoms with Crippen molar-refractivity contribution in [2.45, 2.75) is 11.8 Å². The van der Waals surface area contributed by atoms with E-state index in [1.54, 1.807) is 37.3 Å². The van der Waals surface area contributed by atoms with Gasteiger partial charge >= 0.3 is 0 Å². The number of nitrogens with one attached hydrogen (secondary N) is 1. The number of hydrazone groups is 1. The highest BCUT2D eigenvalue weighted by molar-refractivity contribution is 7.92. The third-order valence-electron chi connectivity index (χ3n) is 4.50. The molecule has 1 amide bonds. The lowest BCUT2D eigenvalue weighted by molar-refractivity contribution is -0.119. The van der Waals surface area contributed by atoms with Crippen LogP contribution in [0.15, 0.2) is 76.0 Å². The van der Waals surface area contributed by atoms with Crippen molar-refractivity contribution in [2.24, 2.45) is 5.10 Å². The van der Waals surface area contributed by atoms with Crippen molar-refractivity contribution in [3.05, 3.63) is 70.9 Å². The van der Waals surface area contributed by atoms with E-state index in [4.69, 9.17) is 9.47 Å². The van der Waals surface area contributed by atoms with Gasteiger partial charge in [0, 0.05) is 10.9 Å². The Hall–Kier alpha value is -3.37. The zero-order valence-corrected chi connectivity index (χ0v) is 19.4. The topological polar surface area (TPSA) is 97.3 Å². The number of hydrogen-bond acceptors (Lipinski definition) is 7. The molecule has 10 heteroatoms. The van der Waals surface area contributed by atoms with Crippen molar-refractivity contribution >= 4 is 38.7 Å². The summed E-state index contributed by atoms with van der Waals surface area (Å²) in [5, 5.41) is 5.99. The van der Waals surface area contributed by atoms with Crippen molar-refractivity contribution in [1.82, 2.24) is 5.43 Å². The molecule has 0 radical (unpaired) electrons. The van der Waals surface area contributed by atoms with Gasteiger partial charge in [-0.3, -0.25) is 9.10 Å². The summed E-state index contributed by atoms with van der Waals surface area (Å²) in [6.07, 6.45) is 0. The highest BCUT2D eigenvalue weighted by Gasteiger charge is 2.28. The maximum absolute atomic E-state index is 13.4. The van der Waals surface area contributed by atoms with Crippen molar-refractivity contribution in [2.75, 3.05) is 25.1 Å². The third kappa shape index (κ3) is 5.27. The van der Waals surface area contributed by atoms with Crippen molar-refractivity contribution in [3.8, 4) is 11.5 Å². The van der Waals surface area contributed by atoms with Crippen molar-refractivity contribution < 1.29 is 22.7 Å². The summed E-state index contributed by atoms with van der Waals surface area (Å²) in [6, 6.07) is 16.3. The average molecular weight is 474 g/mol. The van der Waals surface area contributed by atoms with Crippen molar-refractivity contribution in [1.29, 1.82) is 0 Å². The van der Waals surface area contributed by atoms with Crippen LogP contribution in [-0.4, -0.2) is 40.8 Å². The van der Waals surface area contributed by atoms with Gasteiger partial charge in [-0.25, -0.2) is 13.8 Å². The number of thiophene rings is 1. The third-order valence-corrected chi connectivity index (χ3v) is 7.27. The summed E-state index contributed by atoms with van der Waals surface area (Å²) in [6.45, 7) is 1.28. The number of sulfonamides is 1. The molecule has 32 heavy (non-hydrogen) atoms. The van der Waals surface area contributed by atoms with Crippen molar-refractivity contribution in [3.63, 3.8) is 0 Å². The molecule has 0 aliphatic carbocycles. The number of benzene rings is 2. The quantitative estimate of drug-likeness (QED) is 0.379. The average Bonchev–Trinajstić information content (AvgIpc) is 3.36. The molecule has 0 aliphatic heterocycles. The number of hydrogen-bond donors (Lipinski definition) is 1. The molecule has 0 bridgehead atoms. The van der Waals surface area contributed by atoms with Crippen LogP contribution >= 0.6 is 11.3 Å². The van der Waals surface area contributed by atoms with Gasteiger partial charge in [-0.2, -0.15) is 5.10 Å². The standard InChI is InChI=1S/C22H23N3O5S2/c1-16(21-10-7-13-31-21)23-24-22(26)15-25(32(27,28)18-8-5-4-6-9-18)17-11-12-19(29-2)20(14-17)30-3/h4-14H,15H2,1-3H3,(H,24,26)/b23-16-. The first-order chi connectivity index (χ1) is 15.4. The van der Waals surface area contributed by atoms with Crippen LogP contribution in [0.3, 0.4) is 0 Å². The lowest BCUT2D eigenvalue weighted by atomic mass is 10.2. The molecule has 3 aromatic rings. The van der Waals surface area contributed by atoms with E-state index in [2.05, 4.69) is 10.5 Å². The number of carbonyl (C=O) groups excluding carboxylic acids is 1. The van der Waals surface area contributed by atoms with Crippen LogP contribution in [0, 0.1) is 0 Å². The maximum Gasteiger partial charge on any atom is 0.264 e. The first-order valence-electron chi connectivity index (χ1n) is 9.53. The van der Waals surface area contributed by atoms with Crippen LogP contribution < -0.4 is 19.2 Å². The largest absolute Gasteiger partial charge is 0.493 e. The molecule has 0 unspecified atom stereocenters. The number of amides is 1. The summed E-state index contributed by atoms with van der Waals surface area (Å²) in [7, 11) is -1.11. The molecule has 0 atom stereocenters. The van der Waals surface area contributed by atoms with Crippen LogP contribution in [0.1, 0.15) is 11.8 Å². The summed E-state index contributed by atoms with van der Waals surface area (Å²) < 4.78 is 38.3. The molecule has 1 N–H and O–H groups in total. The number of rotatable bonds is 9. The lowest BCUT2D eigenvalue weighted by Gasteiger charge is -2.24. The van der Waals surface area contributed by atoms with E-state index in [9.17, 15) is 13.2 Å². The summed E-state index contributed by atoms with van der Waals surface area (Å²) in [5.74, 6) is 0.189. The number of ether oxygens (including phenoxy) is 2. The fourth-order valence-electron chi connectivity index (χ4n) is 2.87. The minimum absolute atomic E-state index is 0.0563. The van der Waals surface area contributed by atoms with Gasteiger partial charge < -0.3 is 9.47 Å². The molecule has 2 aromatic carbocycles. The Bertz CT molecular complexity index is 1190. The fourth-order valence-corrected chi connectivity index (χ4v) is 4.98. The molecule has 168 valence electrons. The zero-order valence-electron chi connectivity index (χ0n) is 17.8. The van der Waals surface area contributed by atoms with Crippen LogP contribution in [0.5, 0.6) is 11.5 Å². The van der Waals surface area contributed by atoms with Gasteiger partial charge in [-0.15, -0.1) is 11.3 Å². The molecule has 0 fully saturated rings. The monoisotopic (exact) mass is 473 g/mol. The molecule has 0 saturated carbocycles. The number of nitrogens with zero attached hydrogens (tertiary/aromatic N) is 2. The highest BCUT2D eigenvalue weighted by Crippen LogP contribution is 2.33. The second-order valence-corrected chi connectivity index (χ2v) is 9.38. The summed E-state index contributed by atoms with van der Waals surface area (Å²) in [5.41, 5.74) is 3.31. The Labute approximate surface area is 191 Å². The van der Waals surface area contributed by atoms with E-state index in [1.165, 1.54) is 43.8 Å². The summed E-state index contributed by atoms with van der Waals surface area (Å²) in [4.78, 5) is 13.6. The first-order valence-corrected chi connectivity index (χ1v) is 11.9. The maximum atomic E-state index is 13.4. The normalized spacial score (nSPS) is 11.7. The van der Waals surface area contributed by atoms with Crippen LogP contribution in [0.4, 0.5) is 5.69 Å². The molecule has 0 aliphatic rings. The van der Waals surface area contributed by atoms with Gasteiger partial charge in [0.25, 0.3) is 15.9 Å². The van der Waals surface area contributed by atoms with Gasteiger partial charge in [0.15, 0.2) is 11.5 Å². The summed E-state index contributed by atoms with van der Waals surface area (Å²) >= 11 is 1.49. The number of carbonyl (C=O) groups is 1. The Morgan fingerprint density at radius 1 is 1.03 bits per heavy atom. The van der Waals surface area contributed by atoms with E-state index >= 15 is 0 Å². The van der Waals surface area contributed by atoms with E-state index in [1.807, 2.05) is 17.5 Å². The highest BCUT2D eigenvalue weighted by atomic mass is 32.2. The number of methoxy groups -OCH3 is 2. The molecule has 0 spiro atoms. The molecule has 3 rings (SSSR count). The molecule has 1 heterocycles. The van der Waals surface area contributed by atoms with E-state index < -0.39 is 22.5 Å². The first kappa shape index (κ1) is 23.3. The Kier molecular flexibility index (Phi) is 7.49. The molecule has 8 nitrogen and oxygen atoms in total. The second-order valence-electron chi connectivity index (χ2n) is 6.57. The van der Waals surface area contributed by atoms with Crippen LogP contribution in [0.25, 0.3) is 0 Å². The van der Waals surface area contributed by atoms with Crippen LogP contribution in [0.2, 0.25) is 0 Å². The lowest BCUT2D eigenvalue weighted by Crippen LogP contribution is -2.39. The van der Waals surface area contributed by atoms with E-state index in [0.717, 1.165) is 9.18 Å². The van der Waals surface area contributed by atoms with Gasteiger partial charge in [0.05, 0.1) is 30.5 Å². The Balaban J connectivity index is 1.94. The fraction of sp³-hybridized carbons (Fsp3) is 0.182. The Morgan fingerprint density at radius 3 is 2.38 bits per heavy atom. The molecular formula is C22H23N3O5S2. The second kappa shape index (κ2) is 10.3. The molecule has 0 saturated heterocycles. The predicted molar refractivity (Wildman–Crippen MR) is 125 cm³/mol. The zero-order chi connectivity index (χ0) is 23.1. The minimum Gasteiger partial charge on any atom is -0.493 e. The smallest absolute Gasteiger partial charge is 0.264 e. The van der Waals surface area contributed by atoms with Crippen LogP contribution in [-0.2, 0) is 14.8 Å². The van der Waals surface area contributed by atoms with Gasteiger partial charge in [0.1, 0.15) is 6.54 Å². The SMILES string of the molecule is COc1ccc(N(CC(=O)N/N=C(/C)c2cccs2)S(=O)(=O)c2ccccc2)cc1OC. The van der Waals surface area contributed by atoms with Gasteiger partial charge in [-0.1, -0.05) is 24.3 Å². The molecular weight excluding hydrogens is 450 g/mol. The predicted octanol–water partition coefficient (Wildman–Crippen LogP) is 3.50. The number of anilines is 1. The van der Waals surface area contributed by atoms with E-state index in [0.29, 0.717) is 17.2 Å². The minimum atomic E-state index is -4.05. The molecule has 1 aromatic heterocycles. The van der Waals surface area contributed by atoms with Gasteiger partial charge in [-0.05, 0) is 42.6 Å². The van der Waals surface area contributed by atoms with E-state index in [-0.39, 0.29) is 10.6 Å².